The lowest BCUT2D eigenvalue weighted by molar-refractivity contribution is 0.114. The summed E-state index contributed by atoms with van der Waals surface area (Å²) >= 11 is 0. The molecule has 0 aliphatic carbocycles. The zero-order valence-corrected chi connectivity index (χ0v) is 12.0. The molecule has 1 fully saturated rings. The largest absolute Gasteiger partial charge is 0.381 e. The van der Waals surface area contributed by atoms with E-state index in [2.05, 4.69) is 34.3 Å². The van der Waals surface area contributed by atoms with Gasteiger partial charge in [-0.15, -0.1) is 0 Å². The summed E-state index contributed by atoms with van der Waals surface area (Å²) in [5, 5.41) is 3.41. The minimum Gasteiger partial charge on any atom is -0.381 e. The average molecular weight is 253 g/mol. The summed E-state index contributed by atoms with van der Waals surface area (Å²) in [4.78, 5) is 6.68. The quantitative estimate of drug-likeness (QED) is 0.340. The minimum absolute atomic E-state index is 0.652. The minimum atomic E-state index is 0.652. The molecule has 0 amide bonds. The van der Waals surface area contributed by atoms with E-state index < -0.39 is 0 Å². The first-order valence-electron chi connectivity index (χ1n) is 6.96. The molecule has 0 aromatic carbocycles. The molecule has 0 spiro atoms. The zero-order valence-electron chi connectivity index (χ0n) is 12.0. The van der Waals surface area contributed by atoms with E-state index in [-0.39, 0.29) is 0 Å². The second kappa shape index (κ2) is 8.97. The Balaban J connectivity index is 2.29. The maximum absolute atomic E-state index is 5.50. The molecule has 1 saturated heterocycles. The van der Waals surface area contributed by atoms with Crippen LogP contribution in [0.4, 0.5) is 0 Å². The lowest BCUT2D eigenvalue weighted by atomic mass is 10.1. The third-order valence-corrected chi connectivity index (χ3v) is 3.18. The van der Waals surface area contributed by atoms with E-state index in [9.17, 15) is 0 Å². The molecule has 0 aromatic rings. The molecule has 18 heavy (non-hydrogen) atoms. The van der Waals surface area contributed by atoms with Gasteiger partial charge in [0.1, 0.15) is 0 Å². The second-order valence-corrected chi connectivity index (χ2v) is 4.59. The predicted molar refractivity (Wildman–Crippen MR) is 77.0 cm³/mol. The highest BCUT2D eigenvalue weighted by Gasteiger charge is 2.24. The van der Waals surface area contributed by atoms with Crippen LogP contribution in [0.3, 0.4) is 0 Å². The summed E-state index contributed by atoms with van der Waals surface area (Å²) in [5.74, 6) is 1.68. The molecular weight excluding hydrogens is 226 g/mol. The average Bonchev–Trinajstić information content (AvgIpc) is 2.85. The molecule has 1 rings (SSSR count). The van der Waals surface area contributed by atoms with Gasteiger partial charge in [0, 0.05) is 39.2 Å². The van der Waals surface area contributed by atoms with Crippen molar-refractivity contribution in [2.45, 2.75) is 26.7 Å². The number of likely N-dealkylation sites (tertiary alicyclic amines) is 1. The van der Waals surface area contributed by atoms with Gasteiger partial charge < -0.3 is 15.0 Å². The topological polar surface area (TPSA) is 36.9 Å². The standard InChI is InChI=1S/C14H27N3O/c1-4-6-7-9-16-14(15-3)17-10-8-13(11-17)12-18-5-2/h4,6,13H,5,7-12H2,1-3H3,(H,15,16). The Labute approximate surface area is 111 Å². The number of ether oxygens (including phenoxy) is 1. The lowest BCUT2D eigenvalue weighted by Gasteiger charge is -2.21. The van der Waals surface area contributed by atoms with Crippen LogP contribution in [0.2, 0.25) is 0 Å². The molecular formula is C14H27N3O. The first-order chi connectivity index (χ1) is 8.81. The number of nitrogens with zero attached hydrogens (tertiary/aromatic N) is 2. The van der Waals surface area contributed by atoms with Crippen molar-refractivity contribution < 1.29 is 4.74 Å². The molecule has 1 atom stereocenters. The van der Waals surface area contributed by atoms with E-state index in [0.717, 1.165) is 45.2 Å². The maximum atomic E-state index is 5.50. The number of allylic oxidation sites excluding steroid dienone is 1. The fourth-order valence-corrected chi connectivity index (χ4v) is 2.21. The van der Waals surface area contributed by atoms with Crippen LogP contribution in [0.15, 0.2) is 17.1 Å². The Morgan fingerprint density at radius 2 is 2.39 bits per heavy atom. The Bertz CT molecular complexity index is 276. The number of hydrogen-bond donors (Lipinski definition) is 1. The Morgan fingerprint density at radius 1 is 1.56 bits per heavy atom. The van der Waals surface area contributed by atoms with Gasteiger partial charge in [0.2, 0.25) is 0 Å². The van der Waals surface area contributed by atoms with Gasteiger partial charge in [-0.1, -0.05) is 12.2 Å². The highest BCUT2D eigenvalue weighted by atomic mass is 16.5. The highest BCUT2D eigenvalue weighted by Crippen LogP contribution is 2.16. The summed E-state index contributed by atoms with van der Waals surface area (Å²) in [6.07, 6.45) is 6.50. The predicted octanol–water partition coefficient (Wildman–Crippen LogP) is 1.89. The van der Waals surface area contributed by atoms with E-state index in [0.29, 0.717) is 5.92 Å². The molecule has 0 aromatic heterocycles. The lowest BCUT2D eigenvalue weighted by Crippen LogP contribution is -2.40. The fraction of sp³-hybridized carbons (Fsp3) is 0.786. The molecule has 1 heterocycles. The zero-order chi connectivity index (χ0) is 13.2. The normalized spacial score (nSPS) is 20.9. The van der Waals surface area contributed by atoms with Crippen LogP contribution >= 0.6 is 0 Å². The van der Waals surface area contributed by atoms with Gasteiger partial charge in [-0.2, -0.15) is 0 Å². The van der Waals surface area contributed by atoms with Crippen LogP contribution in [0.1, 0.15) is 26.7 Å². The van der Waals surface area contributed by atoms with Crippen LogP contribution in [0.5, 0.6) is 0 Å². The summed E-state index contributed by atoms with van der Waals surface area (Å²) in [6.45, 7) is 8.88. The van der Waals surface area contributed by atoms with Gasteiger partial charge in [-0.3, -0.25) is 4.99 Å². The van der Waals surface area contributed by atoms with E-state index >= 15 is 0 Å². The van der Waals surface area contributed by atoms with Crippen LogP contribution < -0.4 is 5.32 Å². The molecule has 0 radical (unpaired) electrons. The van der Waals surface area contributed by atoms with Crippen LogP contribution in [-0.2, 0) is 4.74 Å². The van der Waals surface area contributed by atoms with Crippen molar-refractivity contribution in [3.63, 3.8) is 0 Å². The third kappa shape index (κ3) is 5.08. The number of nitrogens with one attached hydrogen (secondary N) is 1. The number of rotatable bonds is 6. The molecule has 4 heteroatoms. The SMILES string of the molecule is CC=CCCNC(=NC)N1CCC(COCC)C1. The van der Waals surface area contributed by atoms with E-state index in [4.69, 9.17) is 4.74 Å². The van der Waals surface area contributed by atoms with Crippen molar-refractivity contribution in [2.24, 2.45) is 10.9 Å². The van der Waals surface area contributed by atoms with Crippen molar-refractivity contribution in [1.82, 2.24) is 10.2 Å². The van der Waals surface area contributed by atoms with Gasteiger partial charge in [-0.05, 0) is 26.7 Å². The summed E-state index contributed by atoms with van der Waals surface area (Å²) in [6, 6.07) is 0. The third-order valence-electron chi connectivity index (χ3n) is 3.18. The number of aliphatic imine (C=N–C) groups is 1. The van der Waals surface area contributed by atoms with Crippen molar-refractivity contribution >= 4 is 5.96 Å². The van der Waals surface area contributed by atoms with E-state index in [1.54, 1.807) is 0 Å². The van der Waals surface area contributed by atoms with E-state index in [1.807, 2.05) is 14.0 Å². The van der Waals surface area contributed by atoms with Gasteiger partial charge in [0.05, 0.1) is 6.61 Å². The van der Waals surface area contributed by atoms with Crippen molar-refractivity contribution in [1.29, 1.82) is 0 Å². The molecule has 1 aliphatic rings. The Kier molecular flexibility index (Phi) is 7.49. The highest BCUT2D eigenvalue weighted by molar-refractivity contribution is 5.80. The number of hydrogen-bond acceptors (Lipinski definition) is 2. The van der Waals surface area contributed by atoms with Crippen molar-refractivity contribution in [3.8, 4) is 0 Å². The fourth-order valence-electron chi connectivity index (χ4n) is 2.21. The Morgan fingerprint density at radius 3 is 3.06 bits per heavy atom. The summed E-state index contributed by atoms with van der Waals surface area (Å²) in [5.41, 5.74) is 0. The van der Waals surface area contributed by atoms with Gasteiger partial charge in [0.15, 0.2) is 5.96 Å². The van der Waals surface area contributed by atoms with E-state index in [1.165, 1.54) is 6.42 Å². The summed E-state index contributed by atoms with van der Waals surface area (Å²) < 4.78 is 5.50. The maximum Gasteiger partial charge on any atom is 0.193 e. The van der Waals surface area contributed by atoms with Gasteiger partial charge in [-0.25, -0.2) is 0 Å². The smallest absolute Gasteiger partial charge is 0.193 e. The molecule has 1 aliphatic heterocycles. The molecule has 0 bridgehead atoms. The van der Waals surface area contributed by atoms with Crippen LogP contribution in [-0.4, -0.2) is 50.8 Å². The first-order valence-corrected chi connectivity index (χ1v) is 6.96. The monoisotopic (exact) mass is 253 g/mol. The van der Waals surface area contributed by atoms with Crippen LogP contribution in [0, 0.1) is 5.92 Å². The molecule has 1 unspecified atom stereocenters. The molecule has 4 nitrogen and oxygen atoms in total. The van der Waals surface area contributed by atoms with Gasteiger partial charge in [0.25, 0.3) is 0 Å². The molecule has 0 saturated carbocycles. The molecule has 104 valence electrons. The molecule has 1 N–H and O–H groups in total. The van der Waals surface area contributed by atoms with Crippen molar-refractivity contribution in [3.05, 3.63) is 12.2 Å². The van der Waals surface area contributed by atoms with Crippen molar-refractivity contribution in [2.75, 3.05) is 39.9 Å². The van der Waals surface area contributed by atoms with Gasteiger partial charge >= 0.3 is 0 Å². The second-order valence-electron chi connectivity index (χ2n) is 4.59. The van der Waals surface area contributed by atoms with Crippen LogP contribution in [0.25, 0.3) is 0 Å². The Hall–Kier alpha value is -1.03. The number of guanidine groups is 1. The summed E-state index contributed by atoms with van der Waals surface area (Å²) in [7, 11) is 1.86. The first kappa shape index (κ1) is 15.0.